The summed E-state index contributed by atoms with van der Waals surface area (Å²) in [7, 11) is 0. The molecule has 1 N–H and O–H groups in total. The van der Waals surface area contributed by atoms with Crippen LogP contribution in [0.2, 0.25) is 0 Å². The first-order chi connectivity index (χ1) is 10.8. The molecule has 3 rings (SSSR count). The number of nitrogens with zero attached hydrogens (tertiary/aromatic N) is 2. The number of thiazole rings is 1. The van der Waals surface area contributed by atoms with Crippen molar-refractivity contribution in [3.63, 3.8) is 0 Å². The van der Waals surface area contributed by atoms with Gasteiger partial charge >= 0.3 is 0 Å². The molecule has 0 radical (unpaired) electrons. The van der Waals surface area contributed by atoms with E-state index in [-0.39, 0.29) is 5.91 Å². The third-order valence-electron chi connectivity index (χ3n) is 3.00. The van der Waals surface area contributed by atoms with Crippen molar-refractivity contribution in [1.29, 1.82) is 5.26 Å². The van der Waals surface area contributed by atoms with Crippen molar-refractivity contribution in [2.45, 2.75) is 6.54 Å². The van der Waals surface area contributed by atoms with Gasteiger partial charge in [-0.2, -0.15) is 5.26 Å². The Hall–Kier alpha value is -2.91. The van der Waals surface area contributed by atoms with Crippen LogP contribution in [0.5, 0.6) is 0 Å². The van der Waals surface area contributed by atoms with E-state index < -0.39 is 0 Å². The van der Waals surface area contributed by atoms with Crippen molar-refractivity contribution in [3.8, 4) is 16.8 Å². The van der Waals surface area contributed by atoms with Crippen LogP contribution in [0.15, 0.2) is 52.5 Å². The highest BCUT2D eigenvalue weighted by Gasteiger charge is 2.12. The van der Waals surface area contributed by atoms with E-state index in [1.165, 1.54) is 11.3 Å². The van der Waals surface area contributed by atoms with Crippen LogP contribution in [0.25, 0.3) is 10.8 Å². The number of nitriles is 1. The molecule has 0 atom stereocenters. The first-order valence-corrected chi connectivity index (χ1v) is 7.41. The summed E-state index contributed by atoms with van der Waals surface area (Å²) in [6, 6.07) is 12.7. The highest BCUT2D eigenvalue weighted by molar-refractivity contribution is 7.13. The molecule has 0 saturated heterocycles. The zero-order valence-corrected chi connectivity index (χ0v) is 12.3. The summed E-state index contributed by atoms with van der Waals surface area (Å²) in [5.74, 6) is 0.412. The van der Waals surface area contributed by atoms with Gasteiger partial charge in [0, 0.05) is 11.9 Å². The SMILES string of the molecule is N#Cc1ccc(CNC(=O)c2csc(-c3ccco3)n2)cc1. The quantitative estimate of drug-likeness (QED) is 0.802. The minimum atomic E-state index is -0.238. The summed E-state index contributed by atoms with van der Waals surface area (Å²) in [5, 5.41) is 13.9. The van der Waals surface area contributed by atoms with Crippen LogP contribution >= 0.6 is 11.3 Å². The van der Waals surface area contributed by atoms with Crippen molar-refractivity contribution in [2.75, 3.05) is 0 Å². The lowest BCUT2D eigenvalue weighted by atomic mass is 10.1. The lowest BCUT2D eigenvalue weighted by molar-refractivity contribution is 0.0946. The predicted molar refractivity (Wildman–Crippen MR) is 82.1 cm³/mol. The minimum Gasteiger partial charge on any atom is -0.462 e. The number of amides is 1. The Balaban J connectivity index is 1.63. The molecule has 2 aromatic heterocycles. The number of hydrogen-bond donors (Lipinski definition) is 1. The molecule has 0 spiro atoms. The van der Waals surface area contributed by atoms with Gasteiger partial charge in [-0.05, 0) is 29.8 Å². The zero-order valence-electron chi connectivity index (χ0n) is 11.4. The molecule has 0 fully saturated rings. The van der Waals surface area contributed by atoms with Crippen LogP contribution in [0.3, 0.4) is 0 Å². The second-order valence-electron chi connectivity index (χ2n) is 4.51. The van der Waals surface area contributed by atoms with E-state index >= 15 is 0 Å². The largest absolute Gasteiger partial charge is 0.462 e. The van der Waals surface area contributed by atoms with Crippen LogP contribution in [-0.2, 0) is 6.54 Å². The number of aromatic nitrogens is 1. The molecule has 22 heavy (non-hydrogen) atoms. The normalized spacial score (nSPS) is 10.1. The van der Waals surface area contributed by atoms with Crippen molar-refractivity contribution >= 4 is 17.2 Å². The van der Waals surface area contributed by atoms with Crippen LogP contribution in [-0.4, -0.2) is 10.9 Å². The Morgan fingerprint density at radius 1 is 1.32 bits per heavy atom. The Labute approximate surface area is 130 Å². The second kappa shape index (κ2) is 6.24. The third-order valence-corrected chi connectivity index (χ3v) is 3.86. The minimum absolute atomic E-state index is 0.238. The van der Waals surface area contributed by atoms with E-state index in [0.29, 0.717) is 28.6 Å². The molecular weight excluding hydrogens is 298 g/mol. The number of furan rings is 1. The van der Waals surface area contributed by atoms with Gasteiger partial charge in [0.05, 0.1) is 17.9 Å². The molecule has 6 heteroatoms. The summed E-state index contributed by atoms with van der Waals surface area (Å²) in [4.78, 5) is 16.3. The van der Waals surface area contributed by atoms with Gasteiger partial charge in [-0.1, -0.05) is 12.1 Å². The molecule has 2 heterocycles. The number of nitrogens with one attached hydrogen (secondary N) is 1. The monoisotopic (exact) mass is 309 g/mol. The van der Waals surface area contributed by atoms with Gasteiger partial charge in [-0.15, -0.1) is 11.3 Å². The van der Waals surface area contributed by atoms with Gasteiger partial charge in [-0.3, -0.25) is 4.79 Å². The van der Waals surface area contributed by atoms with Crippen LogP contribution in [0, 0.1) is 11.3 Å². The van der Waals surface area contributed by atoms with Crippen molar-refractivity contribution in [3.05, 3.63) is 64.9 Å². The molecule has 0 unspecified atom stereocenters. The number of carbonyl (C=O) groups is 1. The summed E-state index contributed by atoms with van der Waals surface area (Å²) in [6.45, 7) is 0.387. The van der Waals surface area contributed by atoms with Crippen molar-refractivity contribution in [2.24, 2.45) is 0 Å². The van der Waals surface area contributed by atoms with E-state index in [1.54, 1.807) is 35.9 Å². The Bertz CT molecular complexity index is 814. The first kappa shape index (κ1) is 14.0. The maximum absolute atomic E-state index is 12.1. The molecule has 0 aliphatic carbocycles. The Morgan fingerprint density at radius 3 is 2.82 bits per heavy atom. The molecule has 5 nitrogen and oxygen atoms in total. The summed E-state index contributed by atoms with van der Waals surface area (Å²) in [5.41, 5.74) is 1.89. The van der Waals surface area contributed by atoms with E-state index in [0.717, 1.165) is 5.56 Å². The number of hydrogen-bond acceptors (Lipinski definition) is 5. The molecule has 0 aliphatic rings. The topological polar surface area (TPSA) is 78.9 Å². The van der Waals surface area contributed by atoms with E-state index in [1.807, 2.05) is 12.1 Å². The summed E-state index contributed by atoms with van der Waals surface area (Å²) < 4.78 is 5.25. The number of rotatable bonds is 4. The first-order valence-electron chi connectivity index (χ1n) is 6.53. The molecule has 108 valence electrons. The Morgan fingerprint density at radius 2 is 2.14 bits per heavy atom. The summed E-state index contributed by atoms with van der Waals surface area (Å²) >= 11 is 1.36. The molecule has 1 aromatic carbocycles. The van der Waals surface area contributed by atoms with Crippen LogP contribution in [0.1, 0.15) is 21.6 Å². The van der Waals surface area contributed by atoms with Gasteiger partial charge < -0.3 is 9.73 Å². The lowest BCUT2D eigenvalue weighted by Crippen LogP contribution is -2.23. The van der Waals surface area contributed by atoms with Crippen molar-refractivity contribution in [1.82, 2.24) is 10.3 Å². The lowest BCUT2D eigenvalue weighted by Gasteiger charge is -2.03. The smallest absolute Gasteiger partial charge is 0.271 e. The average Bonchev–Trinajstić information content (AvgIpc) is 3.23. The van der Waals surface area contributed by atoms with Crippen LogP contribution in [0.4, 0.5) is 0 Å². The maximum atomic E-state index is 12.1. The Kier molecular flexibility index (Phi) is 3.99. The third kappa shape index (κ3) is 3.05. The molecule has 1 amide bonds. The average molecular weight is 309 g/mol. The van der Waals surface area contributed by atoms with Gasteiger partial charge in [-0.25, -0.2) is 4.98 Å². The van der Waals surface area contributed by atoms with Gasteiger partial charge in [0.2, 0.25) is 0 Å². The van der Waals surface area contributed by atoms with Gasteiger partial charge in [0.25, 0.3) is 5.91 Å². The van der Waals surface area contributed by atoms with Gasteiger partial charge in [0.15, 0.2) is 10.8 Å². The molecule has 0 saturated carbocycles. The number of benzene rings is 1. The maximum Gasteiger partial charge on any atom is 0.271 e. The fraction of sp³-hybridized carbons (Fsp3) is 0.0625. The van der Waals surface area contributed by atoms with E-state index in [9.17, 15) is 4.79 Å². The molecule has 0 aliphatic heterocycles. The zero-order chi connectivity index (χ0) is 15.4. The van der Waals surface area contributed by atoms with Gasteiger partial charge in [0.1, 0.15) is 5.69 Å². The highest BCUT2D eigenvalue weighted by atomic mass is 32.1. The molecule has 0 bridgehead atoms. The number of carbonyl (C=O) groups excluding carboxylic acids is 1. The summed E-state index contributed by atoms with van der Waals surface area (Å²) in [6.07, 6.45) is 1.57. The standard InChI is InChI=1S/C16H11N3O2S/c17-8-11-3-5-12(6-4-11)9-18-15(20)13-10-22-16(19-13)14-2-1-7-21-14/h1-7,10H,9H2,(H,18,20). The molecule has 3 aromatic rings. The van der Waals surface area contributed by atoms with E-state index in [4.69, 9.17) is 9.68 Å². The predicted octanol–water partition coefficient (Wildman–Crippen LogP) is 3.20. The molecular formula is C16H11N3O2S. The van der Waals surface area contributed by atoms with Crippen molar-refractivity contribution < 1.29 is 9.21 Å². The highest BCUT2D eigenvalue weighted by Crippen LogP contribution is 2.23. The van der Waals surface area contributed by atoms with E-state index in [2.05, 4.69) is 16.4 Å². The van der Waals surface area contributed by atoms with Crippen LogP contribution < -0.4 is 5.32 Å². The fourth-order valence-corrected chi connectivity index (χ4v) is 2.63. The second-order valence-corrected chi connectivity index (χ2v) is 5.36. The fourth-order valence-electron chi connectivity index (χ4n) is 1.86.